The molecule has 1 aliphatic heterocycles. The number of aliphatic hydroxyl groups excluding tert-OH is 1. The van der Waals surface area contributed by atoms with E-state index in [4.69, 9.17) is 4.74 Å². The summed E-state index contributed by atoms with van der Waals surface area (Å²) in [5.74, 6) is -0.415. The van der Waals surface area contributed by atoms with Crippen LogP contribution in [0.1, 0.15) is 65.7 Å². The van der Waals surface area contributed by atoms with Crippen molar-refractivity contribution in [2.45, 2.75) is 77.9 Å². The Labute approximate surface area is 144 Å². The summed E-state index contributed by atoms with van der Waals surface area (Å²) in [6, 6.07) is 0. The molecule has 4 nitrogen and oxygen atoms in total. The van der Waals surface area contributed by atoms with Crippen molar-refractivity contribution < 1.29 is 19.7 Å². The fourth-order valence-corrected chi connectivity index (χ4v) is 6.62. The molecule has 0 spiro atoms. The molecule has 0 aromatic carbocycles. The number of carboxylic acid groups (broad SMARTS) is 1. The largest absolute Gasteiger partial charge is 0.481 e. The van der Waals surface area contributed by atoms with Crippen LogP contribution in [0.2, 0.25) is 0 Å². The third-order valence-corrected chi connectivity index (χ3v) is 8.21. The SMILES string of the molecule is C[C@]12CCC3=C(CC[C@@H]4[C@](C)(C(=O)O)CCC[C@@]34C)[C@H]1OC[C@@H]2O. The van der Waals surface area contributed by atoms with Crippen molar-refractivity contribution in [3.05, 3.63) is 11.1 Å². The van der Waals surface area contributed by atoms with Crippen molar-refractivity contribution in [1.82, 2.24) is 0 Å². The lowest BCUT2D eigenvalue weighted by Gasteiger charge is -2.57. The number of hydrogen-bond donors (Lipinski definition) is 2. The summed E-state index contributed by atoms with van der Waals surface area (Å²) >= 11 is 0. The van der Waals surface area contributed by atoms with E-state index in [2.05, 4.69) is 13.8 Å². The molecular formula is C20H30O4. The third-order valence-electron chi connectivity index (χ3n) is 8.21. The van der Waals surface area contributed by atoms with Crippen molar-refractivity contribution in [3.63, 3.8) is 0 Å². The minimum Gasteiger partial charge on any atom is -0.481 e. The Morgan fingerprint density at radius 3 is 2.62 bits per heavy atom. The molecule has 1 saturated carbocycles. The molecule has 0 bridgehead atoms. The normalized spacial score (nSPS) is 50.9. The Bertz CT molecular complexity index is 611. The lowest BCUT2D eigenvalue weighted by molar-refractivity contribution is -0.159. The van der Waals surface area contributed by atoms with E-state index in [0.717, 1.165) is 44.9 Å². The predicted octanol–water partition coefficient (Wildman–Crippen LogP) is 3.53. The maximum Gasteiger partial charge on any atom is 0.309 e. The molecule has 6 atom stereocenters. The second-order valence-corrected chi connectivity index (χ2v) is 9.32. The van der Waals surface area contributed by atoms with Crippen molar-refractivity contribution in [2.24, 2.45) is 22.2 Å². The van der Waals surface area contributed by atoms with Gasteiger partial charge >= 0.3 is 5.97 Å². The molecule has 2 fully saturated rings. The van der Waals surface area contributed by atoms with Crippen LogP contribution in [-0.4, -0.2) is 35.0 Å². The zero-order valence-corrected chi connectivity index (χ0v) is 15.1. The summed E-state index contributed by atoms with van der Waals surface area (Å²) in [5.41, 5.74) is 2.09. The minimum atomic E-state index is -0.629. The molecule has 1 heterocycles. The monoisotopic (exact) mass is 334 g/mol. The van der Waals surface area contributed by atoms with Crippen molar-refractivity contribution in [1.29, 1.82) is 0 Å². The van der Waals surface area contributed by atoms with E-state index >= 15 is 0 Å². The van der Waals surface area contributed by atoms with E-state index in [0.29, 0.717) is 6.61 Å². The van der Waals surface area contributed by atoms with Gasteiger partial charge in [-0.1, -0.05) is 25.8 Å². The van der Waals surface area contributed by atoms with Gasteiger partial charge in [-0.3, -0.25) is 4.79 Å². The number of carbonyl (C=O) groups is 1. The van der Waals surface area contributed by atoms with E-state index in [1.165, 1.54) is 11.1 Å². The number of ether oxygens (including phenoxy) is 1. The molecule has 134 valence electrons. The highest BCUT2D eigenvalue weighted by Crippen LogP contribution is 2.64. The molecule has 2 N–H and O–H groups in total. The second-order valence-electron chi connectivity index (χ2n) is 9.32. The first-order valence-corrected chi connectivity index (χ1v) is 9.49. The first kappa shape index (κ1) is 16.6. The Kier molecular flexibility index (Phi) is 3.51. The fourth-order valence-electron chi connectivity index (χ4n) is 6.62. The summed E-state index contributed by atoms with van der Waals surface area (Å²) in [5, 5.41) is 20.3. The highest BCUT2D eigenvalue weighted by atomic mass is 16.5. The molecule has 0 unspecified atom stereocenters. The Morgan fingerprint density at radius 1 is 1.17 bits per heavy atom. The standard InChI is InChI=1S/C20H30O4/c1-18-8-4-9-19(2,17(22)23)14(18)6-5-12-13(18)7-10-20(3)15(21)11-24-16(12)20/h14-16,21H,4-11H2,1-3H3,(H,22,23)/t14-,15-,16+,18-,19+,20+/m0/s1. The van der Waals surface area contributed by atoms with Crippen LogP contribution >= 0.6 is 0 Å². The first-order chi connectivity index (χ1) is 11.2. The summed E-state index contributed by atoms with van der Waals surface area (Å²) in [4.78, 5) is 12.0. The molecule has 4 heteroatoms. The summed E-state index contributed by atoms with van der Waals surface area (Å²) in [6.07, 6.45) is 6.33. The molecule has 1 saturated heterocycles. The van der Waals surface area contributed by atoms with Crippen molar-refractivity contribution >= 4 is 5.97 Å². The fraction of sp³-hybridized carbons (Fsp3) is 0.850. The number of hydrogen-bond acceptors (Lipinski definition) is 3. The van der Waals surface area contributed by atoms with Crippen molar-refractivity contribution in [3.8, 4) is 0 Å². The van der Waals surface area contributed by atoms with Crippen molar-refractivity contribution in [2.75, 3.05) is 6.61 Å². The number of allylic oxidation sites excluding steroid dienone is 1. The Hall–Kier alpha value is -0.870. The molecule has 24 heavy (non-hydrogen) atoms. The molecule has 4 aliphatic rings. The van der Waals surface area contributed by atoms with E-state index in [9.17, 15) is 15.0 Å². The minimum absolute atomic E-state index is 0.0167. The molecule has 0 amide bonds. The highest BCUT2D eigenvalue weighted by molar-refractivity contribution is 5.75. The Morgan fingerprint density at radius 2 is 1.92 bits per heavy atom. The molecule has 0 radical (unpaired) electrons. The van der Waals surface area contributed by atoms with Gasteiger partial charge in [-0.05, 0) is 62.4 Å². The van der Waals surface area contributed by atoms with Crippen LogP contribution < -0.4 is 0 Å². The molecule has 4 rings (SSSR count). The Balaban J connectivity index is 1.78. The average molecular weight is 334 g/mol. The number of aliphatic hydroxyl groups is 1. The molecule has 3 aliphatic carbocycles. The molecule has 0 aromatic heterocycles. The zero-order chi connectivity index (χ0) is 17.3. The topological polar surface area (TPSA) is 66.8 Å². The summed E-state index contributed by atoms with van der Waals surface area (Å²) < 4.78 is 6.04. The van der Waals surface area contributed by atoms with Gasteiger partial charge in [0.1, 0.15) is 0 Å². The van der Waals surface area contributed by atoms with E-state index in [1.54, 1.807) is 0 Å². The van der Waals surface area contributed by atoms with Gasteiger partial charge in [-0.15, -0.1) is 0 Å². The van der Waals surface area contributed by atoms with Gasteiger partial charge in [0.05, 0.1) is 24.2 Å². The number of rotatable bonds is 1. The van der Waals surface area contributed by atoms with E-state index < -0.39 is 11.4 Å². The maximum atomic E-state index is 12.0. The van der Waals surface area contributed by atoms with E-state index in [1.807, 2.05) is 6.92 Å². The zero-order valence-electron chi connectivity index (χ0n) is 15.1. The average Bonchev–Trinajstić information content (AvgIpc) is 2.82. The van der Waals surface area contributed by atoms with Crippen LogP contribution in [0.4, 0.5) is 0 Å². The van der Waals surface area contributed by atoms with E-state index in [-0.39, 0.29) is 29.0 Å². The first-order valence-electron chi connectivity index (χ1n) is 9.49. The molecular weight excluding hydrogens is 304 g/mol. The predicted molar refractivity (Wildman–Crippen MR) is 90.5 cm³/mol. The number of fused-ring (bicyclic) bond motifs is 4. The van der Waals surface area contributed by atoms with Crippen LogP contribution in [-0.2, 0) is 9.53 Å². The van der Waals surface area contributed by atoms with Crippen LogP contribution in [0.15, 0.2) is 11.1 Å². The number of carboxylic acids is 1. The van der Waals surface area contributed by atoms with Gasteiger partial charge in [0.2, 0.25) is 0 Å². The van der Waals surface area contributed by atoms with Gasteiger partial charge in [0.15, 0.2) is 0 Å². The highest BCUT2D eigenvalue weighted by Gasteiger charge is 2.60. The quantitative estimate of drug-likeness (QED) is 0.720. The lowest BCUT2D eigenvalue weighted by Crippen LogP contribution is -2.53. The summed E-state index contributed by atoms with van der Waals surface area (Å²) in [7, 11) is 0. The maximum absolute atomic E-state index is 12.0. The van der Waals surface area contributed by atoms with Gasteiger partial charge < -0.3 is 14.9 Å². The second kappa shape index (κ2) is 5.07. The van der Waals surface area contributed by atoms with Crippen LogP contribution in [0.25, 0.3) is 0 Å². The van der Waals surface area contributed by atoms with Gasteiger partial charge in [0.25, 0.3) is 0 Å². The smallest absolute Gasteiger partial charge is 0.309 e. The van der Waals surface area contributed by atoms with Crippen LogP contribution in [0.3, 0.4) is 0 Å². The van der Waals surface area contributed by atoms with Crippen LogP contribution in [0.5, 0.6) is 0 Å². The van der Waals surface area contributed by atoms with Crippen LogP contribution in [0, 0.1) is 22.2 Å². The summed E-state index contributed by atoms with van der Waals surface area (Å²) in [6.45, 7) is 6.87. The van der Waals surface area contributed by atoms with Gasteiger partial charge in [-0.2, -0.15) is 0 Å². The number of aliphatic carboxylic acids is 1. The van der Waals surface area contributed by atoms with Gasteiger partial charge in [-0.25, -0.2) is 0 Å². The lowest BCUT2D eigenvalue weighted by atomic mass is 9.47. The molecule has 0 aromatic rings. The van der Waals surface area contributed by atoms with Gasteiger partial charge in [0, 0.05) is 5.41 Å². The third kappa shape index (κ3) is 1.90.